The largest absolute Gasteiger partial charge is 0.496 e. The van der Waals surface area contributed by atoms with Gasteiger partial charge in [-0.15, -0.1) is 0 Å². The Morgan fingerprint density at radius 3 is 2.25 bits per heavy atom. The van der Waals surface area contributed by atoms with Crippen LogP contribution in [0, 0.1) is 5.82 Å². The summed E-state index contributed by atoms with van der Waals surface area (Å²) in [7, 11) is 4.56. The standard InChI is InChI=1S/C17H17BrFNO4/c1-22-14-8-16(24-3)15(23-2)6-10(14)9-20-17(21)12-5-4-11(18)7-13(12)19/h4-8H,9H2,1-3H3,(H,20,21). The highest BCUT2D eigenvalue weighted by Crippen LogP contribution is 2.34. The topological polar surface area (TPSA) is 56.8 Å². The molecule has 0 atom stereocenters. The summed E-state index contributed by atoms with van der Waals surface area (Å²) in [5, 5.41) is 2.67. The fraction of sp³-hybridized carbons (Fsp3) is 0.235. The molecule has 1 N–H and O–H groups in total. The lowest BCUT2D eigenvalue weighted by molar-refractivity contribution is 0.0946. The SMILES string of the molecule is COc1cc(OC)c(OC)cc1CNC(=O)c1ccc(Br)cc1F. The number of methoxy groups -OCH3 is 3. The van der Waals surface area contributed by atoms with Crippen molar-refractivity contribution in [1.82, 2.24) is 5.32 Å². The highest BCUT2D eigenvalue weighted by Gasteiger charge is 2.15. The molecule has 0 bridgehead atoms. The minimum Gasteiger partial charge on any atom is -0.496 e. The van der Waals surface area contributed by atoms with Crippen LogP contribution in [-0.2, 0) is 6.54 Å². The van der Waals surface area contributed by atoms with Gasteiger partial charge in [0.05, 0.1) is 26.9 Å². The molecule has 0 spiro atoms. The third kappa shape index (κ3) is 3.97. The van der Waals surface area contributed by atoms with Crippen LogP contribution >= 0.6 is 15.9 Å². The minimum absolute atomic E-state index is 0.0300. The first kappa shape index (κ1) is 18.1. The van der Waals surface area contributed by atoms with E-state index in [1.54, 1.807) is 18.2 Å². The lowest BCUT2D eigenvalue weighted by atomic mass is 10.1. The van der Waals surface area contributed by atoms with Crippen LogP contribution in [0.25, 0.3) is 0 Å². The second-order valence-corrected chi connectivity index (χ2v) is 5.74. The van der Waals surface area contributed by atoms with E-state index in [9.17, 15) is 9.18 Å². The molecule has 0 heterocycles. The predicted molar refractivity (Wildman–Crippen MR) is 91.4 cm³/mol. The molecule has 128 valence electrons. The zero-order valence-corrected chi connectivity index (χ0v) is 15.1. The second-order valence-electron chi connectivity index (χ2n) is 4.83. The van der Waals surface area contributed by atoms with Gasteiger partial charge in [0, 0.05) is 22.6 Å². The zero-order chi connectivity index (χ0) is 17.7. The second kappa shape index (κ2) is 8.01. The normalized spacial score (nSPS) is 10.2. The Kier molecular flexibility index (Phi) is 6.03. The molecule has 0 unspecified atom stereocenters. The molecule has 0 saturated heterocycles. The van der Waals surface area contributed by atoms with Crippen molar-refractivity contribution in [3.63, 3.8) is 0 Å². The van der Waals surface area contributed by atoms with Gasteiger partial charge >= 0.3 is 0 Å². The summed E-state index contributed by atoms with van der Waals surface area (Å²) in [6.07, 6.45) is 0. The van der Waals surface area contributed by atoms with Crippen molar-refractivity contribution in [2.75, 3.05) is 21.3 Å². The van der Waals surface area contributed by atoms with Crippen molar-refractivity contribution in [1.29, 1.82) is 0 Å². The number of hydrogen-bond donors (Lipinski definition) is 1. The van der Waals surface area contributed by atoms with Gasteiger partial charge in [0.15, 0.2) is 11.5 Å². The van der Waals surface area contributed by atoms with Crippen molar-refractivity contribution in [3.8, 4) is 17.2 Å². The maximum atomic E-state index is 13.8. The van der Waals surface area contributed by atoms with E-state index >= 15 is 0 Å². The number of halogens is 2. The van der Waals surface area contributed by atoms with E-state index in [2.05, 4.69) is 21.2 Å². The van der Waals surface area contributed by atoms with Crippen molar-refractivity contribution < 1.29 is 23.4 Å². The number of carbonyl (C=O) groups is 1. The Labute approximate surface area is 147 Å². The number of carbonyl (C=O) groups excluding carboxylic acids is 1. The monoisotopic (exact) mass is 397 g/mol. The quantitative estimate of drug-likeness (QED) is 0.809. The van der Waals surface area contributed by atoms with Gasteiger partial charge in [-0.05, 0) is 24.3 Å². The first-order valence-corrected chi connectivity index (χ1v) is 7.81. The summed E-state index contributed by atoms with van der Waals surface area (Å²) >= 11 is 3.16. The predicted octanol–water partition coefficient (Wildman–Crippen LogP) is 3.54. The number of ether oxygens (including phenoxy) is 3. The van der Waals surface area contributed by atoms with Crippen molar-refractivity contribution in [2.45, 2.75) is 6.54 Å². The van der Waals surface area contributed by atoms with Gasteiger partial charge in [0.25, 0.3) is 5.91 Å². The first-order chi connectivity index (χ1) is 11.5. The van der Waals surface area contributed by atoms with Crippen LogP contribution in [0.1, 0.15) is 15.9 Å². The van der Waals surface area contributed by atoms with Crippen LogP contribution in [0.15, 0.2) is 34.8 Å². The summed E-state index contributed by atoms with van der Waals surface area (Å²) in [5.41, 5.74) is 0.652. The minimum atomic E-state index is -0.596. The van der Waals surface area contributed by atoms with E-state index in [-0.39, 0.29) is 12.1 Å². The third-order valence-electron chi connectivity index (χ3n) is 3.40. The Balaban J connectivity index is 2.20. The summed E-state index contributed by atoms with van der Waals surface area (Å²) in [6, 6.07) is 7.64. The van der Waals surface area contributed by atoms with E-state index in [0.29, 0.717) is 27.3 Å². The number of benzene rings is 2. The fourth-order valence-electron chi connectivity index (χ4n) is 2.17. The molecule has 2 aromatic carbocycles. The van der Waals surface area contributed by atoms with Crippen molar-refractivity contribution in [2.24, 2.45) is 0 Å². The number of hydrogen-bond acceptors (Lipinski definition) is 4. The molecule has 0 fully saturated rings. The van der Waals surface area contributed by atoms with E-state index in [1.165, 1.54) is 33.5 Å². The fourth-order valence-corrected chi connectivity index (χ4v) is 2.51. The molecular weight excluding hydrogens is 381 g/mol. The van der Waals surface area contributed by atoms with Crippen LogP contribution in [0.2, 0.25) is 0 Å². The summed E-state index contributed by atoms with van der Waals surface area (Å²) in [6.45, 7) is 0.151. The maximum Gasteiger partial charge on any atom is 0.254 e. The Bertz CT molecular complexity index is 752. The van der Waals surface area contributed by atoms with E-state index < -0.39 is 11.7 Å². The molecule has 7 heteroatoms. The van der Waals surface area contributed by atoms with Crippen LogP contribution in [-0.4, -0.2) is 27.2 Å². The van der Waals surface area contributed by atoms with Gasteiger partial charge < -0.3 is 19.5 Å². The molecule has 1 amide bonds. The van der Waals surface area contributed by atoms with Crippen LogP contribution < -0.4 is 19.5 Å². The molecule has 0 aliphatic heterocycles. The smallest absolute Gasteiger partial charge is 0.254 e. The van der Waals surface area contributed by atoms with Gasteiger partial charge in [0.1, 0.15) is 11.6 Å². The Morgan fingerprint density at radius 1 is 1.04 bits per heavy atom. The van der Waals surface area contributed by atoms with E-state index in [1.807, 2.05) is 0 Å². The molecule has 24 heavy (non-hydrogen) atoms. The van der Waals surface area contributed by atoms with E-state index in [0.717, 1.165) is 0 Å². The number of nitrogens with one attached hydrogen (secondary N) is 1. The summed E-state index contributed by atoms with van der Waals surface area (Å²) in [5.74, 6) is 0.447. The van der Waals surface area contributed by atoms with Crippen LogP contribution in [0.4, 0.5) is 4.39 Å². The summed E-state index contributed by atoms with van der Waals surface area (Å²) in [4.78, 5) is 12.2. The van der Waals surface area contributed by atoms with Gasteiger partial charge in [-0.1, -0.05) is 15.9 Å². The molecule has 2 rings (SSSR count). The van der Waals surface area contributed by atoms with Gasteiger partial charge in [0.2, 0.25) is 0 Å². The lowest BCUT2D eigenvalue weighted by Gasteiger charge is -2.14. The first-order valence-electron chi connectivity index (χ1n) is 7.02. The molecule has 2 aromatic rings. The van der Waals surface area contributed by atoms with Crippen LogP contribution in [0.5, 0.6) is 17.2 Å². The highest BCUT2D eigenvalue weighted by atomic mass is 79.9. The average Bonchev–Trinajstić information content (AvgIpc) is 2.58. The summed E-state index contributed by atoms with van der Waals surface area (Å²) < 4.78 is 30.2. The third-order valence-corrected chi connectivity index (χ3v) is 3.89. The molecule has 0 radical (unpaired) electrons. The van der Waals surface area contributed by atoms with Crippen molar-refractivity contribution >= 4 is 21.8 Å². The molecule has 5 nitrogen and oxygen atoms in total. The Morgan fingerprint density at radius 2 is 1.67 bits per heavy atom. The number of rotatable bonds is 6. The van der Waals surface area contributed by atoms with Gasteiger partial charge in [-0.2, -0.15) is 0 Å². The van der Waals surface area contributed by atoms with Gasteiger partial charge in [-0.3, -0.25) is 4.79 Å². The van der Waals surface area contributed by atoms with E-state index in [4.69, 9.17) is 14.2 Å². The molecular formula is C17H17BrFNO4. The van der Waals surface area contributed by atoms with Crippen molar-refractivity contribution in [3.05, 3.63) is 51.7 Å². The molecule has 0 aliphatic carbocycles. The maximum absolute atomic E-state index is 13.8. The Hall–Kier alpha value is -2.28. The average molecular weight is 398 g/mol. The zero-order valence-electron chi connectivity index (χ0n) is 13.5. The van der Waals surface area contributed by atoms with Gasteiger partial charge in [-0.25, -0.2) is 4.39 Å². The lowest BCUT2D eigenvalue weighted by Crippen LogP contribution is -2.24. The molecule has 0 aliphatic rings. The highest BCUT2D eigenvalue weighted by molar-refractivity contribution is 9.10. The number of amides is 1. The van der Waals surface area contributed by atoms with Crippen LogP contribution in [0.3, 0.4) is 0 Å². The molecule has 0 saturated carbocycles. The molecule has 0 aromatic heterocycles.